The van der Waals surface area contributed by atoms with Crippen LogP contribution in [0.1, 0.15) is 12.0 Å². The highest BCUT2D eigenvalue weighted by Gasteiger charge is 2.26. The molecule has 0 aliphatic carbocycles. The molecule has 0 bridgehead atoms. The number of amides is 1. The van der Waals surface area contributed by atoms with Crippen LogP contribution in [-0.4, -0.2) is 18.1 Å². The van der Waals surface area contributed by atoms with Gasteiger partial charge in [0.25, 0.3) is 0 Å². The van der Waals surface area contributed by atoms with Gasteiger partial charge in [0.15, 0.2) is 0 Å². The molecule has 5 heteroatoms. The minimum atomic E-state index is -0.718. The highest BCUT2D eigenvalue weighted by molar-refractivity contribution is 5.79. The van der Waals surface area contributed by atoms with Crippen LogP contribution < -0.4 is 16.2 Å². The Morgan fingerprint density at radius 3 is 3.06 bits per heavy atom. The molecular formula is C11H13FN2O2. The smallest absolute Gasteiger partial charge is 0.234 e. The van der Waals surface area contributed by atoms with Crippen molar-refractivity contribution in [2.75, 3.05) is 0 Å². The molecule has 4 N–H and O–H groups in total. The van der Waals surface area contributed by atoms with Crippen LogP contribution in [0.2, 0.25) is 0 Å². The summed E-state index contributed by atoms with van der Waals surface area (Å²) in [5, 5.41) is 0. The Morgan fingerprint density at radius 2 is 2.38 bits per heavy atom. The number of hydrogen-bond donors (Lipinski definition) is 2. The molecule has 0 spiro atoms. The molecular weight excluding hydrogens is 211 g/mol. The van der Waals surface area contributed by atoms with E-state index in [2.05, 4.69) is 0 Å². The van der Waals surface area contributed by atoms with E-state index in [1.54, 1.807) is 6.07 Å². The van der Waals surface area contributed by atoms with Crippen LogP contribution in [-0.2, 0) is 11.2 Å². The summed E-state index contributed by atoms with van der Waals surface area (Å²) in [5.74, 6) is -0.184. The van der Waals surface area contributed by atoms with Crippen LogP contribution >= 0.6 is 0 Å². The van der Waals surface area contributed by atoms with Crippen molar-refractivity contribution in [3.8, 4) is 5.75 Å². The number of hydrogen-bond acceptors (Lipinski definition) is 3. The number of benzene rings is 1. The Balaban J connectivity index is 2.03. The Kier molecular flexibility index (Phi) is 2.78. The molecule has 2 unspecified atom stereocenters. The maximum Gasteiger partial charge on any atom is 0.234 e. The van der Waals surface area contributed by atoms with Gasteiger partial charge in [0, 0.05) is 18.4 Å². The van der Waals surface area contributed by atoms with E-state index in [1.807, 2.05) is 0 Å². The highest BCUT2D eigenvalue weighted by Crippen LogP contribution is 2.30. The first kappa shape index (κ1) is 10.9. The molecule has 0 radical (unpaired) electrons. The van der Waals surface area contributed by atoms with Crippen molar-refractivity contribution in [1.29, 1.82) is 0 Å². The molecule has 1 amide bonds. The van der Waals surface area contributed by atoms with Crippen molar-refractivity contribution in [2.24, 2.45) is 11.5 Å². The number of nitrogens with two attached hydrogens (primary N) is 2. The second-order valence-electron chi connectivity index (χ2n) is 3.94. The Morgan fingerprint density at radius 1 is 1.62 bits per heavy atom. The topological polar surface area (TPSA) is 78.3 Å². The second-order valence-corrected chi connectivity index (χ2v) is 3.94. The lowest BCUT2D eigenvalue weighted by Gasteiger charge is -2.13. The largest absolute Gasteiger partial charge is 0.490 e. The second kappa shape index (κ2) is 4.09. The summed E-state index contributed by atoms with van der Waals surface area (Å²) >= 11 is 0. The van der Waals surface area contributed by atoms with E-state index in [0.717, 1.165) is 5.56 Å². The fraction of sp³-hybridized carbons (Fsp3) is 0.364. The summed E-state index contributed by atoms with van der Waals surface area (Å²) in [6.07, 6.45) is 0.721. The number of fused-ring (bicyclic) bond motifs is 1. The van der Waals surface area contributed by atoms with Gasteiger partial charge in [-0.15, -0.1) is 0 Å². The maximum absolute atomic E-state index is 12.9. The van der Waals surface area contributed by atoms with Crippen molar-refractivity contribution in [1.82, 2.24) is 0 Å². The molecule has 0 saturated carbocycles. The van der Waals surface area contributed by atoms with Gasteiger partial charge < -0.3 is 16.2 Å². The minimum Gasteiger partial charge on any atom is -0.490 e. The van der Waals surface area contributed by atoms with Crippen LogP contribution in [0, 0.1) is 5.82 Å². The van der Waals surface area contributed by atoms with E-state index in [-0.39, 0.29) is 11.9 Å². The van der Waals surface area contributed by atoms with Gasteiger partial charge in [-0.05, 0) is 18.2 Å². The maximum atomic E-state index is 12.9. The Bertz CT molecular complexity index is 422. The first-order valence-corrected chi connectivity index (χ1v) is 5.06. The van der Waals surface area contributed by atoms with Crippen molar-refractivity contribution in [3.63, 3.8) is 0 Å². The lowest BCUT2D eigenvalue weighted by Crippen LogP contribution is -2.40. The predicted octanol–water partition coefficient (Wildman–Crippen LogP) is 0.332. The molecule has 2 rings (SSSR count). The van der Waals surface area contributed by atoms with Crippen molar-refractivity contribution in [2.45, 2.75) is 25.0 Å². The summed E-state index contributed by atoms with van der Waals surface area (Å²) in [7, 11) is 0. The minimum absolute atomic E-state index is 0.195. The molecule has 4 nitrogen and oxygen atoms in total. The van der Waals surface area contributed by atoms with Crippen molar-refractivity contribution < 1.29 is 13.9 Å². The van der Waals surface area contributed by atoms with Gasteiger partial charge in [0.05, 0.1) is 6.04 Å². The summed E-state index contributed by atoms with van der Waals surface area (Å²) in [6, 6.07) is 3.64. The van der Waals surface area contributed by atoms with Gasteiger partial charge in [0.1, 0.15) is 17.7 Å². The summed E-state index contributed by atoms with van der Waals surface area (Å²) in [6.45, 7) is 0. The van der Waals surface area contributed by atoms with Gasteiger partial charge >= 0.3 is 0 Å². The molecule has 1 aliphatic heterocycles. The van der Waals surface area contributed by atoms with E-state index >= 15 is 0 Å². The van der Waals surface area contributed by atoms with Crippen molar-refractivity contribution in [3.05, 3.63) is 29.6 Å². The molecule has 1 aliphatic rings. The normalized spacial score (nSPS) is 20.0. The Hall–Kier alpha value is -1.62. The van der Waals surface area contributed by atoms with Gasteiger partial charge in [0.2, 0.25) is 5.91 Å². The fourth-order valence-electron chi connectivity index (χ4n) is 1.82. The summed E-state index contributed by atoms with van der Waals surface area (Å²) in [4.78, 5) is 10.8. The zero-order chi connectivity index (χ0) is 11.7. The van der Waals surface area contributed by atoms with Gasteiger partial charge in [-0.2, -0.15) is 0 Å². The molecule has 0 aromatic heterocycles. The number of halogens is 1. The molecule has 2 atom stereocenters. The molecule has 1 aromatic rings. The number of carbonyl (C=O) groups excluding carboxylic acids is 1. The molecule has 86 valence electrons. The summed E-state index contributed by atoms with van der Waals surface area (Å²) in [5.41, 5.74) is 11.4. The lowest BCUT2D eigenvalue weighted by atomic mass is 10.0. The predicted molar refractivity (Wildman–Crippen MR) is 56.3 cm³/mol. The average molecular weight is 224 g/mol. The van der Waals surface area contributed by atoms with E-state index in [4.69, 9.17) is 16.2 Å². The number of carbonyl (C=O) groups is 1. The van der Waals surface area contributed by atoms with E-state index in [0.29, 0.717) is 18.6 Å². The van der Waals surface area contributed by atoms with Crippen LogP contribution in [0.4, 0.5) is 4.39 Å². The van der Waals surface area contributed by atoms with E-state index in [1.165, 1.54) is 12.1 Å². The first-order chi connectivity index (χ1) is 7.56. The van der Waals surface area contributed by atoms with Crippen LogP contribution in [0.15, 0.2) is 18.2 Å². The third kappa shape index (κ3) is 2.14. The summed E-state index contributed by atoms with van der Waals surface area (Å²) < 4.78 is 18.5. The monoisotopic (exact) mass is 224 g/mol. The highest BCUT2D eigenvalue weighted by atomic mass is 19.1. The number of rotatable bonds is 3. The molecule has 0 saturated heterocycles. The van der Waals surface area contributed by atoms with Gasteiger partial charge in [-0.3, -0.25) is 4.79 Å². The average Bonchev–Trinajstić information content (AvgIpc) is 2.58. The lowest BCUT2D eigenvalue weighted by molar-refractivity contribution is -0.119. The third-order valence-electron chi connectivity index (χ3n) is 2.65. The molecule has 1 heterocycles. The molecule has 16 heavy (non-hydrogen) atoms. The first-order valence-electron chi connectivity index (χ1n) is 5.06. The van der Waals surface area contributed by atoms with Gasteiger partial charge in [-0.25, -0.2) is 4.39 Å². The zero-order valence-electron chi connectivity index (χ0n) is 8.65. The zero-order valence-corrected chi connectivity index (χ0v) is 8.65. The number of primary amides is 1. The van der Waals surface area contributed by atoms with E-state index < -0.39 is 11.9 Å². The molecule has 0 fully saturated rings. The van der Waals surface area contributed by atoms with Crippen molar-refractivity contribution >= 4 is 5.91 Å². The standard InChI is InChI=1S/C11H13FN2O2/c12-7-1-2-10-6(3-7)4-8(16-10)5-9(13)11(14)15/h1-3,8-9H,4-5,13H2,(H2,14,15). The SMILES string of the molecule is NC(=O)C(N)CC1Cc2cc(F)ccc2O1. The van der Waals surface area contributed by atoms with Gasteiger partial charge in [-0.1, -0.05) is 0 Å². The molecule has 1 aromatic carbocycles. The third-order valence-corrected chi connectivity index (χ3v) is 2.65. The van der Waals surface area contributed by atoms with Crippen LogP contribution in [0.25, 0.3) is 0 Å². The van der Waals surface area contributed by atoms with E-state index in [9.17, 15) is 9.18 Å². The quantitative estimate of drug-likeness (QED) is 0.776. The Labute approximate surface area is 92.4 Å². The fourth-order valence-corrected chi connectivity index (χ4v) is 1.82. The van der Waals surface area contributed by atoms with Crippen LogP contribution in [0.3, 0.4) is 0 Å². The number of ether oxygens (including phenoxy) is 1. The van der Waals surface area contributed by atoms with Crippen LogP contribution in [0.5, 0.6) is 5.75 Å².